The van der Waals surface area contributed by atoms with E-state index in [4.69, 9.17) is 0 Å². The van der Waals surface area contributed by atoms with Crippen LogP contribution in [0.15, 0.2) is 417 Å². The molecule has 0 saturated heterocycles. The molecule has 4 nitrogen and oxygen atoms in total. The summed E-state index contributed by atoms with van der Waals surface area (Å²) >= 11 is 1.57. The van der Waals surface area contributed by atoms with Crippen molar-refractivity contribution in [3.8, 4) is 22.6 Å². The number of nitrogens with zero attached hydrogens (tertiary/aromatic N) is 4. The van der Waals surface area contributed by atoms with Crippen molar-refractivity contribution in [2.45, 2.75) is 6.18 Å². The first-order chi connectivity index (χ1) is 49.3. The Morgan fingerprint density at radius 3 is 0.752 bits per heavy atom. The molecule has 0 aliphatic rings. The summed E-state index contributed by atoms with van der Waals surface area (Å²) in [7, 11) is -1.78. The van der Waals surface area contributed by atoms with Crippen LogP contribution in [0.3, 0.4) is 0 Å². The van der Waals surface area contributed by atoms with E-state index in [0.717, 1.165) is 17.3 Å². The van der Waals surface area contributed by atoms with Gasteiger partial charge < -0.3 is 0 Å². The molecule has 0 amide bonds. The molecule has 0 radical (unpaired) electrons. The van der Waals surface area contributed by atoms with Crippen LogP contribution >= 0.6 is 43.0 Å². The molecule has 4 aromatic heterocycles. The van der Waals surface area contributed by atoms with Crippen LogP contribution in [0, 0.1) is 0 Å². The van der Waals surface area contributed by atoms with Gasteiger partial charge in [-0.25, -0.2) is 15.0 Å². The number of hydrogen-bond acceptors (Lipinski definition) is 4. The van der Waals surface area contributed by atoms with Crippen molar-refractivity contribution in [3.05, 3.63) is 423 Å². The third kappa shape index (κ3) is 20.1. The number of imidazole rings is 1. The Balaban J connectivity index is 0.000000127. The smallest absolute Gasteiger partial charge is 0.282 e. The Kier molecular flexibility index (Phi) is 27.0. The van der Waals surface area contributed by atoms with Gasteiger partial charge in [-0.2, -0.15) is 24.5 Å². The van der Waals surface area contributed by atoms with Gasteiger partial charge in [0.15, 0.2) is 0 Å². The van der Waals surface area contributed by atoms with Gasteiger partial charge in [-0.1, -0.05) is 370 Å². The Labute approximate surface area is 612 Å². The van der Waals surface area contributed by atoms with E-state index < -0.39 is 43.6 Å². The maximum Gasteiger partial charge on any atom is 0.433 e. The summed E-state index contributed by atoms with van der Waals surface area (Å²) in [5, 5.41) is 20.7. The maximum atomic E-state index is 12.7. The Hall–Kier alpha value is -9.72. The summed E-state index contributed by atoms with van der Waals surface area (Å²) in [4.78, 5) is 12.1. The summed E-state index contributed by atoms with van der Waals surface area (Å²) in [5.41, 5.74) is 2.03. The number of benzene rings is 12. The summed E-state index contributed by atoms with van der Waals surface area (Å²) in [6.07, 6.45) is -1.71. The number of aromatic nitrogens is 4. The Morgan fingerprint density at radius 2 is 0.525 bits per heavy atom. The van der Waals surface area contributed by atoms with Crippen molar-refractivity contribution < 1.29 is 33.6 Å². The van der Waals surface area contributed by atoms with Crippen molar-refractivity contribution >= 4 is 112 Å². The average molecular weight is 1500 g/mol. The molecule has 0 fully saturated rings. The topological polar surface area (TPSA) is 43.1 Å². The molecule has 16 aromatic rings. The molecule has 4 heterocycles. The van der Waals surface area contributed by atoms with Gasteiger partial charge in [0.2, 0.25) is 5.78 Å². The molecule has 0 atom stereocenters. The van der Waals surface area contributed by atoms with Gasteiger partial charge in [0.1, 0.15) is 5.69 Å². The second kappa shape index (κ2) is 37.6. The minimum atomic E-state index is -4.50. The number of fused-ring (bicyclic) bond motifs is 1. The van der Waals surface area contributed by atoms with Gasteiger partial charge in [-0.3, -0.25) is 4.40 Å². The molecular weight excluding hydrogens is 1430 g/mol. The second-order valence-electron chi connectivity index (χ2n) is 22.4. The molecule has 16 rings (SSSR count). The molecule has 0 saturated carbocycles. The van der Waals surface area contributed by atoms with E-state index in [9.17, 15) is 13.2 Å². The summed E-state index contributed by atoms with van der Waals surface area (Å²) < 4.78 is 39.7. The van der Waals surface area contributed by atoms with Crippen LogP contribution in [-0.2, 0) is 26.6 Å². The molecule has 101 heavy (non-hydrogen) atoms. The predicted octanol–water partition coefficient (Wildman–Crippen LogP) is 18.3. The van der Waals surface area contributed by atoms with Crippen LogP contribution in [0.4, 0.5) is 13.2 Å². The number of thiophene rings is 1. The molecule has 0 spiro atoms. The molecule has 13 heteroatoms. The minimum Gasteiger partial charge on any atom is -0.282 e. The first-order valence-corrected chi connectivity index (χ1v) is 38.9. The normalized spacial score (nSPS) is 10.8. The van der Waals surface area contributed by atoms with Gasteiger partial charge in [0.25, 0.3) is 0 Å². The number of alkyl halides is 3. The van der Waals surface area contributed by atoms with E-state index in [1.165, 1.54) is 80.4 Å². The van der Waals surface area contributed by atoms with Crippen molar-refractivity contribution in [2.24, 2.45) is 0 Å². The van der Waals surface area contributed by atoms with E-state index in [-0.39, 0.29) is 26.2 Å². The quantitative estimate of drug-likeness (QED) is 0.0805. The zero-order valence-electron chi connectivity index (χ0n) is 54.8. The predicted molar refractivity (Wildman–Crippen MR) is 425 cm³/mol. The van der Waals surface area contributed by atoms with Gasteiger partial charge >= 0.3 is 6.18 Å². The summed E-state index contributed by atoms with van der Waals surface area (Å²) in [5.74, 6) is -0.0115. The Bertz CT molecular complexity index is 4130. The fraction of sp³-hybridized carbons (Fsp3) is 0.0114. The fourth-order valence-corrected chi connectivity index (χ4v) is 21.0. The first-order valence-electron chi connectivity index (χ1n) is 32.5. The van der Waals surface area contributed by atoms with Gasteiger partial charge in [-0.15, -0.1) is 0 Å². The maximum absolute atomic E-state index is 12.7. The summed E-state index contributed by atoms with van der Waals surface area (Å²) in [6.45, 7) is 0. The fourth-order valence-electron chi connectivity index (χ4n) is 11.1. The van der Waals surface area contributed by atoms with Crippen molar-refractivity contribution in [2.75, 3.05) is 0 Å². The third-order valence-corrected chi connectivity index (χ3v) is 26.1. The Morgan fingerprint density at radius 1 is 0.277 bits per heavy atom. The molecule has 12 aromatic carbocycles. The van der Waals surface area contributed by atoms with Gasteiger partial charge in [0.05, 0.1) is 23.3 Å². The largest absolute Gasteiger partial charge is 0.433 e. The third-order valence-electron chi connectivity index (χ3n) is 15.7. The molecular formula is C88H69F3N4P4PdS. The van der Waals surface area contributed by atoms with Crippen LogP contribution in [-0.4, -0.2) is 19.4 Å². The van der Waals surface area contributed by atoms with Crippen molar-refractivity contribution in [3.63, 3.8) is 0 Å². The average Bonchev–Trinajstić information content (AvgIpc) is 1.73. The van der Waals surface area contributed by atoms with Crippen LogP contribution in [0.2, 0.25) is 0 Å². The molecule has 0 bridgehead atoms. The van der Waals surface area contributed by atoms with E-state index in [1.807, 2.05) is 29.0 Å². The number of pyridine rings is 1. The molecule has 0 aliphatic heterocycles. The molecule has 0 unspecified atom stereocenters. The van der Waals surface area contributed by atoms with Gasteiger partial charge in [-0.05, 0) is 125 Å². The van der Waals surface area contributed by atoms with Crippen LogP contribution in [0.25, 0.3) is 28.4 Å². The molecule has 498 valence electrons. The van der Waals surface area contributed by atoms with Crippen LogP contribution in [0.1, 0.15) is 5.69 Å². The molecule has 0 N–H and O–H groups in total. The van der Waals surface area contributed by atoms with Crippen molar-refractivity contribution in [1.82, 2.24) is 19.4 Å². The zero-order chi connectivity index (χ0) is 68.4. The van der Waals surface area contributed by atoms with Crippen molar-refractivity contribution in [1.29, 1.82) is 0 Å². The number of rotatable bonds is 14. The number of halogens is 3. The second-order valence-corrected chi connectivity index (χ2v) is 32.1. The van der Waals surface area contributed by atoms with E-state index >= 15 is 0 Å². The van der Waals surface area contributed by atoms with E-state index in [1.54, 1.807) is 17.4 Å². The SMILES string of the molecule is FC(F)(F)c1ccn2c(-c3cccc(-c4ccsc4)n3)cnc2n1.[Pd].c1ccc(P(c2ccccc2)c2ccccc2)cc1.c1ccc(P(c2ccccc2)c2ccccc2)cc1.c1ccc(P(c2ccccc2)c2ccccc2)cc1.c1ccc(P(c2ccccc2)c2ccccc2)cc1. The van der Waals surface area contributed by atoms with Crippen LogP contribution < -0.4 is 63.7 Å². The monoisotopic (exact) mass is 1500 g/mol. The minimum absolute atomic E-state index is 0. The zero-order valence-corrected chi connectivity index (χ0v) is 60.7. The first kappa shape index (κ1) is 72.5. The number of hydrogen-bond donors (Lipinski definition) is 0. The standard InChI is InChI=1S/4C18H15P.C16H9F3N4S.Pd/c4*1-4-10-16(11-5-1)19(17-12-6-2-7-13-17)18-14-8-3-9-15-18;17-16(18,19)14-4-6-23-13(8-20-15(23)22-14)12-3-1-2-11(21-12)10-5-7-24-9-10;/h4*1-15H;1-9H;. The van der Waals surface area contributed by atoms with E-state index in [0.29, 0.717) is 11.4 Å². The van der Waals surface area contributed by atoms with Gasteiger partial charge in [0, 0.05) is 37.6 Å². The molecule has 0 aliphatic carbocycles. The summed E-state index contributed by atoms with van der Waals surface area (Å²) in [6, 6.07) is 138. The van der Waals surface area contributed by atoms with E-state index in [2.05, 4.69) is 379 Å². The van der Waals surface area contributed by atoms with Crippen LogP contribution in [0.5, 0.6) is 0 Å².